The van der Waals surface area contributed by atoms with Crippen LogP contribution in [0.5, 0.6) is 5.75 Å². The average molecular weight is 409 g/mol. The van der Waals surface area contributed by atoms with E-state index in [-0.39, 0.29) is 11.8 Å². The molecule has 0 N–H and O–H groups in total. The lowest BCUT2D eigenvalue weighted by Crippen LogP contribution is -2.36. The summed E-state index contributed by atoms with van der Waals surface area (Å²) in [6, 6.07) is 14.0. The Kier molecular flexibility index (Phi) is 7.35. The van der Waals surface area contributed by atoms with Gasteiger partial charge in [0.2, 0.25) is 5.91 Å². The molecule has 1 unspecified atom stereocenters. The quantitative estimate of drug-likeness (QED) is 0.640. The van der Waals surface area contributed by atoms with Crippen LogP contribution >= 0.6 is 0 Å². The fourth-order valence-corrected chi connectivity index (χ4v) is 4.39. The van der Waals surface area contributed by atoms with E-state index in [2.05, 4.69) is 17.1 Å². The van der Waals surface area contributed by atoms with Gasteiger partial charge in [-0.25, -0.2) is 0 Å². The van der Waals surface area contributed by atoms with Crippen LogP contribution in [0.1, 0.15) is 49.8 Å². The second-order valence-corrected chi connectivity index (χ2v) is 8.54. The molecule has 1 saturated heterocycles. The van der Waals surface area contributed by atoms with Gasteiger partial charge in [0, 0.05) is 31.2 Å². The van der Waals surface area contributed by atoms with Crippen molar-refractivity contribution >= 4 is 5.91 Å². The number of pyridine rings is 1. The number of benzene rings is 1. The van der Waals surface area contributed by atoms with Gasteiger partial charge in [0.1, 0.15) is 5.75 Å². The summed E-state index contributed by atoms with van der Waals surface area (Å²) >= 11 is 0. The zero-order valence-corrected chi connectivity index (χ0v) is 17.7. The van der Waals surface area contributed by atoms with Crippen molar-refractivity contribution < 1.29 is 14.3 Å². The molecule has 2 aromatic rings. The highest BCUT2D eigenvalue weighted by molar-refractivity contribution is 5.79. The molecule has 4 rings (SSSR count). The summed E-state index contributed by atoms with van der Waals surface area (Å²) in [4.78, 5) is 19.8. The summed E-state index contributed by atoms with van der Waals surface area (Å²) in [5.41, 5.74) is 2.02. The Labute approximate surface area is 179 Å². The lowest BCUT2D eigenvalue weighted by atomic mass is 9.88. The topological polar surface area (TPSA) is 51.7 Å². The predicted octanol–water partition coefficient (Wildman–Crippen LogP) is 4.61. The number of ether oxygens (including phenoxy) is 2. The van der Waals surface area contributed by atoms with Crippen molar-refractivity contribution in [2.24, 2.45) is 11.8 Å². The molecule has 1 atom stereocenters. The van der Waals surface area contributed by atoms with Gasteiger partial charge in [0.25, 0.3) is 0 Å². The van der Waals surface area contributed by atoms with E-state index >= 15 is 0 Å². The van der Waals surface area contributed by atoms with E-state index in [1.165, 1.54) is 6.42 Å². The Balaban J connectivity index is 1.44. The molecule has 5 heteroatoms. The van der Waals surface area contributed by atoms with Crippen molar-refractivity contribution in [1.82, 2.24) is 9.88 Å². The second kappa shape index (κ2) is 10.6. The monoisotopic (exact) mass is 408 g/mol. The number of carbonyl (C=O) groups is 1. The van der Waals surface area contributed by atoms with Crippen LogP contribution in [-0.2, 0) is 22.6 Å². The lowest BCUT2D eigenvalue weighted by Gasteiger charge is -2.29. The highest BCUT2D eigenvalue weighted by atomic mass is 16.5. The Morgan fingerprint density at radius 3 is 2.73 bits per heavy atom. The van der Waals surface area contributed by atoms with E-state index in [9.17, 15) is 4.79 Å². The van der Waals surface area contributed by atoms with Gasteiger partial charge in [-0.2, -0.15) is 0 Å². The molecule has 2 heterocycles. The Hall–Kier alpha value is -2.40. The average Bonchev–Trinajstić information content (AvgIpc) is 3.32. The fourth-order valence-electron chi connectivity index (χ4n) is 4.39. The van der Waals surface area contributed by atoms with E-state index < -0.39 is 0 Å². The maximum absolute atomic E-state index is 13.3. The smallest absolute Gasteiger partial charge is 0.226 e. The van der Waals surface area contributed by atoms with Crippen molar-refractivity contribution in [3.63, 3.8) is 0 Å². The van der Waals surface area contributed by atoms with Gasteiger partial charge in [-0.15, -0.1) is 0 Å². The van der Waals surface area contributed by atoms with Gasteiger partial charge >= 0.3 is 0 Å². The normalized spacial score (nSPS) is 19.5. The molecule has 0 bridgehead atoms. The molecule has 1 amide bonds. The van der Waals surface area contributed by atoms with Crippen molar-refractivity contribution in [3.05, 3.63) is 59.9 Å². The van der Waals surface area contributed by atoms with Crippen LogP contribution in [0.4, 0.5) is 0 Å². The van der Waals surface area contributed by atoms with Crippen molar-refractivity contribution in [2.75, 3.05) is 19.8 Å². The fraction of sp³-hybridized carbons (Fsp3) is 0.520. The first-order valence-corrected chi connectivity index (χ1v) is 11.3. The van der Waals surface area contributed by atoms with Gasteiger partial charge in [-0.3, -0.25) is 9.78 Å². The van der Waals surface area contributed by atoms with Crippen LogP contribution in [0.2, 0.25) is 0 Å². The van der Waals surface area contributed by atoms with Crippen LogP contribution in [0, 0.1) is 11.8 Å². The highest BCUT2D eigenvalue weighted by Gasteiger charge is 2.26. The first kappa shape index (κ1) is 20.9. The minimum Gasteiger partial charge on any atom is -0.493 e. The van der Waals surface area contributed by atoms with Crippen LogP contribution in [0.25, 0.3) is 0 Å². The molecule has 1 saturated carbocycles. The molecule has 5 nitrogen and oxygen atoms in total. The third-order valence-corrected chi connectivity index (χ3v) is 6.13. The molecule has 0 spiro atoms. The number of carbonyl (C=O) groups excluding carboxylic acids is 1. The number of rotatable bonds is 8. The first-order chi connectivity index (χ1) is 14.8. The van der Waals surface area contributed by atoms with E-state index in [4.69, 9.17) is 9.47 Å². The molecular weight excluding hydrogens is 376 g/mol. The largest absolute Gasteiger partial charge is 0.493 e. The molecule has 1 aromatic carbocycles. The minimum atomic E-state index is 0.143. The molecule has 2 aliphatic rings. The SMILES string of the molecule is O=C(C1CCCCC1)N(Cc1cccc(OCC2CCOC2)c1)Cc1ccccn1. The molecule has 2 fully saturated rings. The van der Waals surface area contributed by atoms with Gasteiger partial charge in [-0.1, -0.05) is 37.5 Å². The number of hydrogen-bond donors (Lipinski definition) is 0. The van der Waals surface area contributed by atoms with E-state index in [0.717, 1.165) is 62.3 Å². The third kappa shape index (κ3) is 5.82. The predicted molar refractivity (Wildman–Crippen MR) is 116 cm³/mol. The number of aromatic nitrogens is 1. The maximum Gasteiger partial charge on any atom is 0.226 e. The molecule has 30 heavy (non-hydrogen) atoms. The molecule has 1 aliphatic carbocycles. The third-order valence-electron chi connectivity index (χ3n) is 6.13. The van der Waals surface area contributed by atoms with Crippen LogP contribution in [-0.4, -0.2) is 35.6 Å². The zero-order chi connectivity index (χ0) is 20.6. The standard InChI is InChI=1S/C25H32N2O3/c28-25(22-8-2-1-3-9-22)27(17-23-10-4-5-13-26-23)16-20-7-6-11-24(15-20)30-19-21-12-14-29-18-21/h4-7,10-11,13,15,21-22H,1-3,8-9,12,14,16-19H2. The Morgan fingerprint density at radius 2 is 1.97 bits per heavy atom. The molecule has 1 aromatic heterocycles. The van der Waals surface area contributed by atoms with Crippen molar-refractivity contribution in [1.29, 1.82) is 0 Å². The van der Waals surface area contributed by atoms with E-state index in [1.54, 1.807) is 6.20 Å². The molecule has 160 valence electrons. The summed E-state index contributed by atoms with van der Waals surface area (Å²) in [6.45, 7) is 3.42. The summed E-state index contributed by atoms with van der Waals surface area (Å²) in [6.07, 6.45) is 8.42. The van der Waals surface area contributed by atoms with Gasteiger partial charge in [0.15, 0.2) is 0 Å². The van der Waals surface area contributed by atoms with E-state index in [0.29, 0.717) is 25.6 Å². The molecule has 0 radical (unpaired) electrons. The minimum absolute atomic E-state index is 0.143. The zero-order valence-electron chi connectivity index (χ0n) is 17.7. The first-order valence-electron chi connectivity index (χ1n) is 11.3. The van der Waals surface area contributed by atoms with Gasteiger partial charge in [-0.05, 0) is 49.1 Å². The van der Waals surface area contributed by atoms with Crippen molar-refractivity contribution in [3.8, 4) is 5.75 Å². The van der Waals surface area contributed by atoms with Crippen LogP contribution in [0.15, 0.2) is 48.7 Å². The van der Waals surface area contributed by atoms with Crippen LogP contribution < -0.4 is 4.74 Å². The summed E-state index contributed by atoms with van der Waals surface area (Å²) in [5.74, 6) is 1.74. The summed E-state index contributed by atoms with van der Waals surface area (Å²) in [5, 5.41) is 0. The van der Waals surface area contributed by atoms with Crippen molar-refractivity contribution in [2.45, 2.75) is 51.6 Å². The summed E-state index contributed by atoms with van der Waals surface area (Å²) in [7, 11) is 0. The Bertz CT molecular complexity index is 799. The van der Waals surface area contributed by atoms with E-state index in [1.807, 2.05) is 35.2 Å². The second-order valence-electron chi connectivity index (χ2n) is 8.54. The maximum atomic E-state index is 13.3. The van der Waals surface area contributed by atoms with Gasteiger partial charge < -0.3 is 14.4 Å². The highest BCUT2D eigenvalue weighted by Crippen LogP contribution is 2.27. The molecule has 1 aliphatic heterocycles. The lowest BCUT2D eigenvalue weighted by molar-refractivity contribution is -0.138. The van der Waals surface area contributed by atoms with Gasteiger partial charge in [0.05, 0.1) is 25.5 Å². The number of nitrogens with zero attached hydrogens (tertiary/aromatic N) is 2. The Morgan fingerprint density at radius 1 is 1.07 bits per heavy atom. The number of amides is 1. The molecular formula is C25H32N2O3. The summed E-state index contributed by atoms with van der Waals surface area (Å²) < 4.78 is 11.4. The number of hydrogen-bond acceptors (Lipinski definition) is 4. The van der Waals surface area contributed by atoms with Crippen LogP contribution in [0.3, 0.4) is 0 Å².